The zero-order chi connectivity index (χ0) is 22.6. The molecule has 178 valence electrons. The van der Waals surface area contributed by atoms with Gasteiger partial charge in [-0.25, -0.2) is 4.79 Å². The Balaban J connectivity index is 1.57. The first-order valence-corrected chi connectivity index (χ1v) is 13.0. The fraction of sp³-hybridized carbons (Fsp3) is 0.962. The number of nitrogens with two attached hydrogens (primary N) is 1. The predicted molar refractivity (Wildman–Crippen MR) is 123 cm³/mol. The summed E-state index contributed by atoms with van der Waals surface area (Å²) in [6.07, 6.45) is 9.44. The lowest BCUT2D eigenvalue weighted by molar-refractivity contribution is -0.203. The van der Waals surface area contributed by atoms with Gasteiger partial charge in [-0.15, -0.1) is 0 Å². The molecule has 5 heteroatoms. The van der Waals surface area contributed by atoms with Crippen molar-refractivity contribution in [3.8, 4) is 0 Å². The molecule has 31 heavy (non-hydrogen) atoms. The van der Waals surface area contributed by atoms with Crippen LogP contribution in [0.25, 0.3) is 0 Å². The summed E-state index contributed by atoms with van der Waals surface area (Å²) in [5.41, 5.74) is 5.81. The van der Waals surface area contributed by atoms with Crippen LogP contribution in [0, 0.1) is 52.3 Å². The third-order valence-electron chi connectivity index (χ3n) is 11.0. The molecular formula is C26H46N2O3. The topological polar surface area (TPSA) is 95.6 Å². The summed E-state index contributed by atoms with van der Waals surface area (Å²) in [5.74, 6) is 3.56. The molecule has 2 amide bonds. The van der Waals surface area contributed by atoms with Gasteiger partial charge >= 0.3 is 6.03 Å². The molecule has 0 saturated heterocycles. The quantitative estimate of drug-likeness (QED) is 0.519. The van der Waals surface area contributed by atoms with Crippen LogP contribution in [0.3, 0.4) is 0 Å². The number of amides is 2. The van der Waals surface area contributed by atoms with E-state index in [1.807, 2.05) is 0 Å². The van der Waals surface area contributed by atoms with E-state index in [9.17, 15) is 15.0 Å². The van der Waals surface area contributed by atoms with Crippen molar-refractivity contribution < 1.29 is 15.0 Å². The minimum absolute atomic E-state index is 0.185. The van der Waals surface area contributed by atoms with Gasteiger partial charge in [0.2, 0.25) is 0 Å². The summed E-state index contributed by atoms with van der Waals surface area (Å²) in [4.78, 5) is 11.1. The van der Waals surface area contributed by atoms with Gasteiger partial charge in [0.15, 0.2) is 0 Å². The van der Waals surface area contributed by atoms with Crippen LogP contribution in [0.5, 0.6) is 0 Å². The number of nitrogens with one attached hydrogen (secondary N) is 1. The first kappa shape index (κ1) is 23.4. The van der Waals surface area contributed by atoms with E-state index in [4.69, 9.17) is 5.73 Å². The first-order chi connectivity index (χ1) is 14.6. The molecular weight excluding hydrogens is 388 g/mol. The molecule has 4 rings (SSSR count). The van der Waals surface area contributed by atoms with Crippen molar-refractivity contribution in [2.45, 2.75) is 97.7 Å². The minimum Gasteiger partial charge on any atom is -0.393 e. The van der Waals surface area contributed by atoms with Gasteiger partial charge in [-0.2, -0.15) is 0 Å². The minimum atomic E-state index is -0.431. The Kier molecular flexibility index (Phi) is 6.42. The van der Waals surface area contributed by atoms with Crippen molar-refractivity contribution in [1.82, 2.24) is 5.32 Å². The van der Waals surface area contributed by atoms with Gasteiger partial charge in [0.05, 0.1) is 12.2 Å². The van der Waals surface area contributed by atoms with Crippen molar-refractivity contribution in [2.24, 2.45) is 58.0 Å². The average molecular weight is 435 g/mol. The van der Waals surface area contributed by atoms with Crippen LogP contribution in [0.15, 0.2) is 0 Å². The van der Waals surface area contributed by atoms with E-state index in [0.717, 1.165) is 32.1 Å². The van der Waals surface area contributed by atoms with Crippen molar-refractivity contribution in [2.75, 3.05) is 6.54 Å². The second-order valence-corrected chi connectivity index (χ2v) is 12.2. The van der Waals surface area contributed by atoms with Crippen LogP contribution in [0.2, 0.25) is 0 Å². The molecule has 4 saturated carbocycles. The molecule has 5 N–H and O–H groups in total. The van der Waals surface area contributed by atoms with Crippen LogP contribution >= 0.6 is 0 Å². The molecule has 0 spiro atoms. The number of aliphatic hydroxyl groups excluding tert-OH is 2. The maximum Gasteiger partial charge on any atom is 0.312 e. The molecule has 0 heterocycles. The summed E-state index contributed by atoms with van der Waals surface area (Å²) in [6.45, 7) is 10.3. The first-order valence-electron chi connectivity index (χ1n) is 13.0. The standard InChI is InChI=1S/C26H46N2O3/c1-5-17-21-14-16(29)8-11-26(21,4)20-9-12-25(3)18(15(2)10-13-28-24(27)31)6-7-19(25)22(20)23(17)30/h15-23,29-30H,5-14H2,1-4H3,(H3,27,28,31)/t15-,16-,17-,18?,19+,20+,21+,22+,23-,25?,26?/m1/s1. The normalized spacial score (nSPS) is 50.1. The van der Waals surface area contributed by atoms with Gasteiger partial charge in [0.25, 0.3) is 0 Å². The fourth-order valence-electron chi connectivity index (χ4n) is 9.56. The highest BCUT2D eigenvalue weighted by atomic mass is 16.3. The third-order valence-corrected chi connectivity index (χ3v) is 11.0. The largest absolute Gasteiger partial charge is 0.393 e. The van der Waals surface area contributed by atoms with Gasteiger partial charge in [0.1, 0.15) is 0 Å². The molecule has 0 aliphatic heterocycles. The van der Waals surface area contributed by atoms with E-state index in [0.29, 0.717) is 48.0 Å². The number of rotatable bonds is 5. The lowest BCUT2D eigenvalue weighted by Crippen LogP contribution is -2.62. The van der Waals surface area contributed by atoms with E-state index in [2.05, 4.69) is 33.0 Å². The number of fused-ring (bicyclic) bond motifs is 5. The van der Waals surface area contributed by atoms with Gasteiger partial charge in [-0.3, -0.25) is 0 Å². The Morgan fingerprint density at radius 2 is 1.74 bits per heavy atom. The Morgan fingerprint density at radius 1 is 1.06 bits per heavy atom. The van der Waals surface area contributed by atoms with E-state index in [1.54, 1.807) is 0 Å². The molecule has 3 unspecified atom stereocenters. The highest BCUT2D eigenvalue weighted by Gasteiger charge is 2.64. The Hall–Kier alpha value is -0.810. The smallest absolute Gasteiger partial charge is 0.312 e. The van der Waals surface area contributed by atoms with E-state index in [1.165, 1.54) is 25.7 Å². The summed E-state index contributed by atoms with van der Waals surface area (Å²) in [6, 6.07) is -0.431. The molecule has 5 nitrogen and oxygen atoms in total. The molecule has 4 aliphatic rings. The fourth-order valence-corrected chi connectivity index (χ4v) is 9.56. The average Bonchev–Trinajstić information content (AvgIpc) is 3.06. The van der Waals surface area contributed by atoms with Crippen LogP contribution in [0.4, 0.5) is 4.79 Å². The Morgan fingerprint density at radius 3 is 2.42 bits per heavy atom. The number of aliphatic hydroxyl groups is 2. The van der Waals surface area contributed by atoms with Crippen LogP contribution in [-0.2, 0) is 0 Å². The zero-order valence-electron chi connectivity index (χ0n) is 20.1. The molecule has 0 aromatic rings. The van der Waals surface area contributed by atoms with E-state index < -0.39 is 6.03 Å². The second kappa shape index (κ2) is 8.52. The summed E-state index contributed by atoms with van der Waals surface area (Å²) in [7, 11) is 0. The van der Waals surface area contributed by atoms with Gasteiger partial charge in [-0.05, 0) is 104 Å². The van der Waals surface area contributed by atoms with Crippen LogP contribution in [0.1, 0.15) is 85.5 Å². The van der Waals surface area contributed by atoms with Crippen molar-refractivity contribution in [1.29, 1.82) is 0 Å². The maximum absolute atomic E-state index is 11.7. The SMILES string of the molecule is CC[C@H]1[C@@H](O)[C@H]2[C@@H]3CCC([C@H](C)CCNC(N)=O)C3(C)CC[C@@H]2C2(C)CC[C@@H](O)C[C@@H]12. The number of carbonyl (C=O) groups is 1. The van der Waals surface area contributed by atoms with Crippen molar-refractivity contribution >= 4 is 6.03 Å². The molecule has 4 aliphatic carbocycles. The number of hydrogen-bond donors (Lipinski definition) is 4. The number of hydrogen-bond acceptors (Lipinski definition) is 3. The van der Waals surface area contributed by atoms with Crippen molar-refractivity contribution in [3.05, 3.63) is 0 Å². The van der Waals surface area contributed by atoms with Crippen LogP contribution in [-0.4, -0.2) is 35.0 Å². The Bertz CT molecular complexity index is 671. The van der Waals surface area contributed by atoms with Gasteiger partial charge < -0.3 is 21.3 Å². The van der Waals surface area contributed by atoms with Gasteiger partial charge in [0, 0.05) is 6.54 Å². The molecule has 0 aromatic heterocycles. The number of primary amides is 1. The molecule has 0 aromatic carbocycles. The molecule has 0 bridgehead atoms. The number of carbonyl (C=O) groups excluding carboxylic acids is 1. The summed E-state index contributed by atoms with van der Waals surface area (Å²) < 4.78 is 0. The lowest BCUT2D eigenvalue weighted by Gasteiger charge is -2.64. The molecule has 0 radical (unpaired) electrons. The van der Waals surface area contributed by atoms with Crippen LogP contribution < -0.4 is 11.1 Å². The number of urea groups is 1. The highest BCUT2D eigenvalue weighted by molar-refractivity contribution is 5.71. The van der Waals surface area contributed by atoms with Gasteiger partial charge in [-0.1, -0.05) is 34.1 Å². The summed E-state index contributed by atoms with van der Waals surface area (Å²) in [5, 5.41) is 25.0. The monoisotopic (exact) mass is 434 g/mol. The summed E-state index contributed by atoms with van der Waals surface area (Å²) >= 11 is 0. The molecule has 11 atom stereocenters. The van der Waals surface area contributed by atoms with Crippen molar-refractivity contribution in [3.63, 3.8) is 0 Å². The van der Waals surface area contributed by atoms with E-state index >= 15 is 0 Å². The zero-order valence-corrected chi connectivity index (χ0v) is 20.1. The highest BCUT2D eigenvalue weighted by Crippen LogP contribution is 2.69. The molecule has 4 fully saturated rings. The Labute approximate surface area is 188 Å². The third kappa shape index (κ3) is 3.72. The predicted octanol–water partition coefficient (Wildman–Crippen LogP) is 4.31. The van der Waals surface area contributed by atoms with E-state index in [-0.39, 0.29) is 23.0 Å². The maximum atomic E-state index is 11.7. The second-order valence-electron chi connectivity index (χ2n) is 12.2. The lowest BCUT2D eigenvalue weighted by atomic mass is 9.41.